The van der Waals surface area contributed by atoms with Crippen molar-refractivity contribution in [2.75, 3.05) is 12.4 Å². The number of fused-ring (bicyclic) bond motifs is 1. The van der Waals surface area contributed by atoms with Crippen molar-refractivity contribution < 1.29 is 9.53 Å². The number of aryl methyl sites for hydroxylation is 1. The number of carbonyl (C=O) groups excluding carboxylic acids is 1. The number of benzene rings is 1. The molecule has 4 nitrogen and oxygen atoms in total. The number of hydrogen-bond donors (Lipinski definition) is 0. The van der Waals surface area contributed by atoms with Gasteiger partial charge in [-0.1, -0.05) is 23.9 Å². The lowest BCUT2D eigenvalue weighted by Crippen LogP contribution is -2.04. The number of ether oxygens (including phenoxy) is 1. The van der Waals surface area contributed by atoms with Crippen LogP contribution in [0.4, 0.5) is 0 Å². The predicted molar refractivity (Wildman–Crippen MR) is 77.3 cm³/mol. The van der Waals surface area contributed by atoms with Crippen LogP contribution in [0, 0.1) is 0 Å². The van der Waals surface area contributed by atoms with Gasteiger partial charge < -0.3 is 9.30 Å². The molecule has 0 aliphatic carbocycles. The van der Waals surface area contributed by atoms with Crippen molar-refractivity contribution in [1.82, 2.24) is 9.55 Å². The third-order valence-electron chi connectivity index (χ3n) is 2.81. The molecule has 0 saturated carbocycles. The Balaban J connectivity index is 1.88. The Labute approximate surface area is 117 Å². The summed E-state index contributed by atoms with van der Waals surface area (Å²) in [5.74, 6) is 0.754. The Morgan fingerprint density at radius 2 is 2.21 bits per heavy atom. The zero-order valence-corrected chi connectivity index (χ0v) is 12.1. The third-order valence-corrected chi connectivity index (χ3v) is 3.92. The van der Waals surface area contributed by atoms with Crippen molar-refractivity contribution in [1.29, 1.82) is 0 Å². The lowest BCUT2D eigenvalue weighted by molar-refractivity contribution is -0.143. The molecular weight excluding hydrogens is 260 g/mol. The fourth-order valence-corrected chi connectivity index (χ4v) is 2.79. The smallest absolute Gasteiger partial charge is 0.305 e. The molecule has 0 fully saturated rings. The molecule has 0 radical (unpaired) electrons. The van der Waals surface area contributed by atoms with Crippen LogP contribution in [0.5, 0.6) is 0 Å². The van der Waals surface area contributed by atoms with Crippen molar-refractivity contribution >= 4 is 28.8 Å². The SMILES string of the molecule is CCOC(=O)CCCSc1nc2ccccc2n1C. The summed E-state index contributed by atoms with van der Waals surface area (Å²) in [5, 5.41) is 0.991. The Bertz CT molecular complexity index is 566. The van der Waals surface area contributed by atoms with Gasteiger partial charge in [0.15, 0.2) is 5.16 Å². The fourth-order valence-electron chi connectivity index (χ4n) is 1.87. The molecule has 0 amide bonds. The highest BCUT2D eigenvalue weighted by Gasteiger charge is 2.08. The summed E-state index contributed by atoms with van der Waals surface area (Å²) in [6.45, 7) is 2.28. The molecule has 5 heteroatoms. The van der Waals surface area contributed by atoms with Gasteiger partial charge in [-0.25, -0.2) is 4.98 Å². The van der Waals surface area contributed by atoms with Crippen LogP contribution >= 0.6 is 11.8 Å². The Hall–Kier alpha value is -1.49. The van der Waals surface area contributed by atoms with Gasteiger partial charge in [0.2, 0.25) is 0 Å². The van der Waals surface area contributed by atoms with Crippen LogP contribution in [0.3, 0.4) is 0 Å². The molecular formula is C14H18N2O2S. The molecule has 0 aliphatic rings. The van der Waals surface area contributed by atoms with E-state index in [0.717, 1.165) is 28.4 Å². The maximum absolute atomic E-state index is 11.2. The molecule has 0 N–H and O–H groups in total. The molecule has 0 saturated heterocycles. The molecule has 0 bridgehead atoms. The normalized spacial score (nSPS) is 10.8. The first kappa shape index (κ1) is 13.9. The summed E-state index contributed by atoms with van der Waals surface area (Å²) in [4.78, 5) is 15.8. The molecule has 2 rings (SSSR count). The van der Waals surface area contributed by atoms with Crippen LogP contribution in [0.1, 0.15) is 19.8 Å². The zero-order chi connectivity index (χ0) is 13.7. The monoisotopic (exact) mass is 278 g/mol. The quantitative estimate of drug-likeness (QED) is 0.463. The fraction of sp³-hybridized carbons (Fsp3) is 0.429. The van der Waals surface area contributed by atoms with Gasteiger partial charge in [0, 0.05) is 19.2 Å². The van der Waals surface area contributed by atoms with E-state index < -0.39 is 0 Å². The van der Waals surface area contributed by atoms with Gasteiger partial charge in [0.25, 0.3) is 0 Å². The van der Waals surface area contributed by atoms with E-state index in [9.17, 15) is 4.79 Å². The summed E-state index contributed by atoms with van der Waals surface area (Å²) in [7, 11) is 2.02. The highest BCUT2D eigenvalue weighted by atomic mass is 32.2. The van der Waals surface area contributed by atoms with Gasteiger partial charge in [0.1, 0.15) is 0 Å². The minimum atomic E-state index is -0.117. The number of thioether (sulfide) groups is 1. The van der Waals surface area contributed by atoms with Gasteiger partial charge in [-0.15, -0.1) is 0 Å². The number of carbonyl (C=O) groups is 1. The van der Waals surface area contributed by atoms with Gasteiger partial charge in [0.05, 0.1) is 17.6 Å². The van der Waals surface area contributed by atoms with E-state index >= 15 is 0 Å². The largest absolute Gasteiger partial charge is 0.466 e. The van der Waals surface area contributed by atoms with Crippen LogP contribution in [0.2, 0.25) is 0 Å². The van der Waals surface area contributed by atoms with E-state index in [-0.39, 0.29) is 5.97 Å². The summed E-state index contributed by atoms with van der Waals surface area (Å²) < 4.78 is 6.98. The highest BCUT2D eigenvalue weighted by molar-refractivity contribution is 7.99. The van der Waals surface area contributed by atoms with Gasteiger partial charge in [-0.2, -0.15) is 0 Å². The molecule has 1 aromatic heterocycles. The second-order valence-corrected chi connectivity index (χ2v) is 5.26. The number of imidazole rings is 1. The first-order valence-electron chi connectivity index (χ1n) is 6.42. The van der Waals surface area contributed by atoms with Crippen LogP contribution in [-0.4, -0.2) is 27.9 Å². The van der Waals surface area contributed by atoms with Gasteiger partial charge >= 0.3 is 5.97 Å². The summed E-state index contributed by atoms with van der Waals surface area (Å²) in [5.41, 5.74) is 2.15. The molecule has 0 unspecified atom stereocenters. The standard InChI is InChI=1S/C14H18N2O2S/c1-3-18-13(17)9-6-10-19-14-15-11-7-4-5-8-12(11)16(14)2/h4-5,7-8H,3,6,9-10H2,1-2H3. The molecule has 0 spiro atoms. The lowest BCUT2D eigenvalue weighted by Gasteiger charge is -2.02. The van der Waals surface area contributed by atoms with E-state index in [1.54, 1.807) is 11.8 Å². The molecule has 0 aliphatic heterocycles. The first-order valence-corrected chi connectivity index (χ1v) is 7.40. The average Bonchev–Trinajstić information content (AvgIpc) is 2.73. The van der Waals surface area contributed by atoms with Crippen molar-refractivity contribution in [2.45, 2.75) is 24.9 Å². The molecule has 19 heavy (non-hydrogen) atoms. The van der Waals surface area contributed by atoms with Crippen LogP contribution in [0.25, 0.3) is 11.0 Å². The Kier molecular flexibility index (Phi) is 4.85. The van der Waals surface area contributed by atoms with E-state index in [1.807, 2.05) is 32.2 Å². The average molecular weight is 278 g/mol. The molecule has 0 atom stereocenters. The van der Waals surface area contributed by atoms with Gasteiger partial charge in [-0.3, -0.25) is 4.79 Å². The first-order chi connectivity index (χ1) is 9.22. The van der Waals surface area contributed by atoms with E-state index in [0.29, 0.717) is 13.0 Å². The van der Waals surface area contributed by atoms with E-state index in [4.69, 9.17) is 4.74 Å². The van der Waals surface area contributed by atoms with Crippen LogP contribution in [-0.2, 0) is 16.6 Å². The number of esters is 1. The minimum Gasteiger partial charge on any atom is -0.466 e. The molecule has 2 aromatic rings. The van der Waals surface area contributed by atoms with Gasteiger partial charge in [-0.05, 0) is 25.5 Å². The van der Waals surface area contributed by atoms with E-state index in [2.05, 4.69) is 15.6 Å². The second-order valence-electron chi connectivity index (χ2n) is 4.20. The summed E-state index contributed by atoms with van der Waals surface area (Å²) >= 11 is 1.68. The lowest BCUT2D eigenvalue weighted by atomic mass is 10.3. The summed E-state index contributed by atoms with van der Waals surface area (Å²) in [6, 6.07) is 8.08. The number of rotatable bonds is 6. The van der Waals surface area contributed by atoms with Crippen molar-refractivity contribution in [3.05, 3.63) is 24.3 Å². The number of para-hydroxylation sites is 2. The summed E-state index contributed by atoms with van der Waals surface area (Å²) in [6.07, 6.45) is 1.29. The number of hydrogen-bond acceptors (Lipinski definition) is 4. The van der Waals surface area contributed by atoms with Crippen LogP contribution < -0.4 is 0 Å². The predicted octanol–water partition coefficient (Wildman–Crippen LogP) is 3.01. The topological polar surface area (TPSA) is 44.1 Å². The molecule has 1 heterocycles. The maximum Gasteiger partial charge on any atom is 0.305 e. The van der Waals surface area contributed by atoms with Crippen molar-refractivity contribution in [2.24, 2.45) is 7.05 Å². The third kappa shape index (κ3) is 3.50. The number of nitrogens with zero attached hydrogens (tertiary/aromatic N) is 2. The van der Waals surface area contributed by atoms with Crippen molar-refractivity contribution in [3.8, 4) is 0 Å². The highest BCUT2D eigenvalue weighted by Crippen LogP contribution is 2.23. The minimum absolute atomic E-state index is 0.117. The van der Waals surface area contributed by atoms with Crippen LogP contribution in [0.15, 0.2) is 29.4 Å². The number of aromatic nitrogens is 2. The second kappa shape index (κ2) is 6.61. The molecule has 102 valence electrons. The Morgan fingerprint density at radius 1 is 1.42 bits per heavy atom. The Morgan fingerprint density at radius 3 is 2.95 bits per heavy atom. The zero-order valence-electron chi connectivity index (χ0n) is 11.3. The molecule has 1 aromatic carbocycles. The maximum atomic E-state index is 11.2. The van der Waals surface area contributed by atoms with Crippen molar-refractivity contribution in [3.63, 3.8) is 0 Å². The van der Waals surface area contributed by atoms with E-state index in [1.165, 1.54) is 0 Å².